The SMILES string of the molecule is Cc1ccc(C)c(NC(=O)C(OC(=O)Cc2ccccc2[N+](=O)[O-])c2ccccc2)c1. The first kappa shape index (κ1) is 21.7. The molecule has 0 aliphatic heterocycles. The van der Waals surface area contributed by atoms with Gasteiger partial charge in [0.2, 0.25) is 6.10 Å². The minimum atomic E-state index is -1.20. The Balaban J connectivity index is 1.83. The summed E-state index contributed by atoms with van der Waals surface area (Å²) in [7, 11) is 0. The molecule has 0 spiro atoms. The molecule has 0 aliphatic carbocycles. The molecule has 31 heavy (non-hydrogen) atoms. The monoisotopic (exact) mass is 418 g/mol. The van der Waals surface area contributed by atoms with E-state index >= 15 is 0 Å². The van der Waals surface area contributed by atoms with E-state index in [4.69, 9.17) is 4.74 Å². The van der Waals surface area contributed by atoms with E-state index in [-0.39, 0.29) is 17.7 Å². The summed E-state index contributed by atoms with van der Waals surface area (Å²) >= 11 is 0. The van der Waals surface area contributed by atoms with Gasteiger partial charge in [-0.25, -0.2) is 0 Å². The number of rotatable bonds is 7. The van der Waals surface area contributed by atoms with Crippen LogP contribution in [0.5, 0.6) is 0 Å². The van der Waals surface area contributed by atoms with Crippen LogP contribution in [-0.2, 0) is 20.7 Å². The lowest BCUT2D eigenvalue weighted by atomic mass is 10.1. The predicted octanol–water partition coefficient (Wildman–Crippen LogP) is 4.68. The van der Waals surface area contributed by atoms with E-state index in [0.29, 0.717) is 11.3 Å². The normalized spacial score (nSPS) is 11.4. The number of nitrogens with one attached hydrogen (secondary N) is 1. The Morgan fingerprint density at radius 3 is 2.39 bits per heavy atom. The van der Waals surface area contributed by atoms with Crippen LogP contribution in [-0.4, -0.2) is 16.8 Å². The summed E-state index contributed by atoms with van der Waals surface area (Å²) in [6.45, 7) is 3.78. The first-order chi connectivity index (χ1) is 14.8. The Morgan fingerprint density at radius 1 is 1.00 bits per heavy atom. The second kappa shape index (κ2) is 9.67. The van der Waals surface area contributed by atoms with Gasteiger partial charge in [0.15, 0.2) is 0 Å². The average molecular weight is 418 g/mol. The molecule has 7 heteroatoms. The number of nitrogens with zero attached hydrogens (tertiary/aromatic N) is 1. The van der Waals surface area contributed by atoms with Crippen LogP contribution in [0.25, 0.3) is 0 Å². The molecule has 0 saturated heterocycles. The number of benzene rings is 3. The molecule has 1 N–H and O–H groups in total. The molecule has 0 aromatic heterocycles. The van der Waals surface area contributed by atoms with E-state index in [9.17, 15) is 19.7 Å². The minimum absolute atomic E-state index is 0.171. The number of hydrogen-bond donors (Lipinski definition) is 1. The van der Waals surface area contributed by atoms with E-state index < -0.39 is 22.9 Å². The van der Waals surface area contributed by atoms with Gasteiger partial charge in [-0.1, -0.05) is 60.7 Å². The lowest BCUT2D eigenvalue weighted by molar-refractivity contribution is -0.385. The van der Waals surface area contributed by atoms with E-state index in [1.165, 1.54) is 18.2 Å². The summed E-state index contributed by atoms with van der Waals surface area (Å²) in [4.78, 5) is 36.3. The second-order valence-corrected chi connectivity index (χ2v) is 7.15. The van der Waals surface area contributed by atoms with Gasteiger partial charge < -0.3 is 10.1 Å². The first-order valence-electron chi connectivity index (χ1n) is 9.70. The fraction of sp³-hybridized carbons (Fsp3) is 0.167. The number of hydrogen-bond acceptors (Lipinski definition) is 5. The van der Waals surface area contributed by atoms with Gasteiger partial charge in [0.1, 0.15) is 0 Å². The van der Waals surface area contributed by atoms with Gasteiger partial charge in [-0.3, -0.25) is 19.7 Å². The predicted molar refractivity (Wildman–Crippen MR) is 117 cm³/mol. The lowest BCUT2D eigenvalue weighted by Gasteiger charge is -2.19. The highest BCUT2D eigenvalue weighted by molar-refractivity contribution is 5.96. The molecular formula is C24H22N2O5. The van der Waals surface area contributed by atoms with Crippen LogP contribution in [0.3, 0.4) is 0 Å². The van der Waals surface area contributed by atoms with Gasteiger partial charge in [-0.2, -0.15) is 0 Å². The van der Waals surface area contributed by atoms with Crippen molar-refractivity contribution in [3.8, 4) is 0 Å². The smallest absolute Gasteiger partial charge is 0.311 e. The molecule has 158 valence electrons. The highest BCUT2D eigenvalue weighted by Gasteiger charge is 2.27. The van der Waals surface area contributed by atoms with Gasteiger partial charge in [-0.15, -0.1) is 0 Å². The lowest BCUT2D eigenvalue weighted by Crippen LogP contribution is -2.27. The maximum atomic E-state index is 13.0. The topological polar surface area (TPSA) is 98.5 Å². The third-order valence-corrected chi connectivity index (χ3v) is 4.76. The molecule has 3 aromatic carbocycles. The molecule has 0 aliphatic rings. The van der Waals surface area contributed by atoms with Crippen molar-refractivity contribution in [3.05, 3.63) is 105 Å². The fourth-order valence-corrected chi connectivity index (χ4v) is 3.14. The fourth-order valence-electron chi connectivity index (χ4n) is 3.14. The summed E-state index contributed by atoms with van der Waals surface area (Å²) < 4.78 is 5.51. The van der Waals surface area contributed by atoms with Crippen LogP contribution in [0.1, 0.15) is 28.4 Å². The molecule has 0 saturated carbocycles. The van der Waals surface area contributed by atoms with Crippen molar-refractivity contribution < 1.29 is 19.2 Å². The summed E-state index contributed by atoms with van der Waals surface area (Å²) in [5.74, 6) is -1.24. The number of para-hydroxylation sites is 1. The molecule has 0 radical (unpaired) electrons. The van der Waals surface area contributed by atoms with Gasteiger partial charge in [0.05, 0.1) is 11.3 Å². The number of carbonyl (C=O) groups is 2. The van der Waals surface area contributed by atoms with Gasteiger partial charge in [0, 0.05) is 22.9 Å². The number of nitro groups is 1. The zero-order chi connectivity index (χ0) is 22.4. The van der Waals surface area contributed by atoms with Gasteiger partial charge >= 0.3 is 5.97 Å². The Morgan fingerprint density at radius 2 is 1.68 bits per heavy atom. The van der Waals surface area contributed by atoms with E-state index in [2.05, 4.69) is 5.32 Å². The number of esters is 1. The summed E-state index contributed by atoms with van der Waals surface area (Å²) in [6, 6.07) is 20.3. The summed E-state index contributed by atoms with van der Waals surface area (Å²) in [5, 5.41) is 14.0. The van der Waals surface area contributed by atoms with E-state index in [1.807, 2.05) is 32.0 Å². The van der Waals surface area contributed by atoms with Crippen LogP contribution >= 0.6 is 0 Å². The molecule has 7 nitrogen and oxygen atoms in total. The average Bonchev–Trinajstić information content (AvgIpc) is 2.75. The van der Waals surface area contributed by atoms with Crippen LogP contribution in [0.4, 0.5) is 11.4 Å². The Labute approximate surface area is 179 Å². The van der Waals surface area contributed by atoms with Crippen LogP contribution in [0.2, 0.25) is 0 Å². The van der Waals surface area contributed by atoms with Gasteiger partial charge in [-0.05, 0) is 31.0 Å². The van der Waals surface area contributed by atoms with Gasteiger partial charge in [0.25, 0.3) is 11.6 Å². The zero-order valence-electron chi connectivity index (χ0n) is 17.2. The van der Waals surface area contributed by atoms with Crippen molar-refractivity contribution in [2.24, 2.45) is 0 Å². The second-order valence-electron chi connectivity index (χ2n) is 7.15. The highest BCUT2D eigenvalue weighted by Crippen LogP contribution is 2.24. The number of nitro benzene ring substituents is 1. The summed E-state index contributed by atoms with van der Waals surface area (Å²) in [6.07, 6.45) is -1.52. The van der Waals surface area contributed by atoms with Crippen LogP contribution in [0, 0.1) is 24.0 Å². The number of carbonyl (C=O) groups excluding carboxylic acids is 2. The number of ether oxygens (including phenoxy) is 1. The summed E-state index contributed by atoms with van der Waals surface area (Å²) in [5.41, 5.74) is 3.03. The van der Waals surface area contributed by atoms with Crippen LogP contribution in [0.15, 0.2) is 72.8 Å². The Hall–Kier alpha value is -4.00. The van der Waals surface area contributed by atoms with Crippen molar-refractivity contribution in [3.63, 3.8) is 0 Å². The highest BCUT2D eigenvalue weighted by atomic mass is 16.6. The largest absolute Gasteiger partial charge is 0.447 e. The minimum Gasteiger partial charge on any atom is -0.447 e. The first-order valence-corrected chi connectivity index (χ1v) is 9.70. The number of anilines is 1. The molecule has 0 bridgehead atoms. The quantitative estimate of drug-likeness (QED) is 0.341. The van der Waals surface area contributed by atoms with Crippen molar-refractivity contribution in [2.45, 2.75) is 26.4 Å². The number of aryl methyl sites for hydroxylation is 2. The molecule has 1 unspecified atom stereocenters. The molecule has 1 atom stereocenters. The van der Waals surface area contributed by atoms with Crippen molar-refractivity contribution >= 4 is 23.3 Å². The zero-order valence-corrected chi connectivity index (χ0v) is 17.2. The molecular weight excluding hydrogens is 396 g/mol. The van der Waals surface area contributed by atoms with E-state index in [0.717, 1.165) is 11.1 Å². The Kier molecular flexibility index (Phi) is 6.77. The molecule has 1 amide bonds. The van der Waals surface area contributed by atoms with Crippen molar-refractivity contribution in [1.82, 2.24) is 0 Å². The maximum Gasteiger partial charge on any atom is 0.311 e. The molecule has 0 heterocycles. The third kappa shape index (κ3) is 5.54. The third-order valence-electron chi connectivity index (χ3n) is 4.76. The molecule has 3 rings (SSSR count). The molecule has 3 aromatic rings. The van der Waals surface area contributed by atoms with Crippen molar-refractivity contribution in [1.29, 1.82) is 0 Å². The number of amides is 1. The van der Waals surface area contributed by atoms with E-state index in [1.54, 1.807) is 36.4 Å². The maximum absolute atomic E-state index is 13.0. The van der Waals surface area contributed by atoms with Crippen molar-refractivity contribution in [2.75, 3.05) is 5.32 Å². The van der Waals surface area contributed by atoms with Crippen LogP contribution < -0.4 is 5.32 Å². The standard InChI is InChI=1S/C24H22N2O5/c1-16-12-13-17(2)20(14-16)25-24(28)23(18-8-4-3-5-9-18)31-22(27)15-19-10-6-7-11-21(19)26(29)30/h3-14,23H,15H2,1-2H3,(H,25,28). The molecule has 0 fully saturated rings. The Bertz CT molecular complexity index is 1110.